The van der Waals surface area contributed by atoms with E-state index in [9.17, 15) is 14.7 Å². The monoisotopic (exact) mass is 426 g/mol. The van der Waals surface area contributed by atoms with Gasteiger partial charge in [0, 0.05) is 24.7 Å². The van der Waals surface area contributed by atoms with Crippen molar-refractivity contribution in [1.29, 1.82) is 0 Å². The number of pyridine rings is 1. The Morgan fingerprint density at radius 1 is 1.13 bits per heavy atom. The normalized spacial score (nSPS) is 18.0. The Labute approximate surface area is 181 Å². The number of quaternary nitrogens is 1. The second-order valence-electron chi connectivity index (χ2n) is 7.63. The standard InChI is InChI=1S/C23H27N3O5/c1-25(2)12-7-13-26-20(16-8-5-6-11-24-16)19(22(28)23(26)29)21(27)15-9-10-17(30-3)18(14-15)31-4/h5-6,8-11,14,20,27H,7,12-13H2,1-4H3/p+1/t20-/m1/s1. The molecule has 0 radical (unpaired) electrons. The number of methoxy groups -OCH3 is 2. The van der Waals surface area contributed by atoms with E-state index in [2.05, 4.69) is 4.98 Å². The number of carbonyl (C=O) groups is 2. The summed E-state index contributed by atoms with van der Waals surface area (Å²) >= 11 is 0. The number of likely N-dealkylation sites (tertiary alicyclic amines) is 1. The zero-order valence-corrected chi connectivity index (χ0v) is 18.2. The van der Waals surface area contributed by atoms with Crippen molar-refractivity contribution in [2.75, 3.05) is 41.4 Å². The van der Waals surface area contributed by atoms with E-state index in [-0.39, 0.29) is 11.3 Å². The lowest BCUT2D eigenvalue weighted by atomic mass is 9.98. The van der Waals surface area contributed by atoms with Crippen LogP contribution in [-0.4, -0.2) is 68.1 Å². The minimum absolute atomic E-state index is 0.0214. The second-order valence-corrected chi connectivity index (χ2v) is 7.63. The van der Waals surface area contributed by atoms with Gasteiger partial charge in [-0.2, -0.15) is 0 Å². The van der Waals surface area contributed by atoms with Gasteiger partial charge in [-0.3, -0.25) is 14.6 Å². The van der Waals surface area contributed by atoms with E-state index < -0.39 is 17.7 Å². The first kappa shape index (κ1) is 22.3. The van der Waals surface area contributed by atoms with Gasteiger partial charge in [0.25, 0.3) is 11.7 Å². The largest absolute Gasteiger partial charge is 0.507 e. The van der Waals surface area contributed by atoms with E-state index >= 15 is 0 Å². The van der Waals surface area contributed by atoms with Crippen molar-refractivity contribution >= 4 is 17.4 Å². The number of benzene rings is 1. The fourth-order valence-electron chi connectivity index (χ4n) is 3.70. The highest BCUT2D eigenvalue weighted by Gasteiger charge is 2.46. The van der Waals surface area contributed by atoms with Crippen molar-refractivity contribution < 1.29 is 29.1 Å². The van der Waals surface area contributed by atoms with Crippen LogP contribution in [0.1, 0.15) is 23.7 Å². The molecule has 8 nitrogen and oxygen atoms in total. The number of nitrogens with one attached hydrogen (secondary N) is 1. The van der Waals surface area contributed by atoms with Crippen LogP contribution in [-0.2, 0) is 9.59 Å². The lowest BCUT2D eigenvalue weighted by Crippen LogP contribution is -3.05. The minimum atomic E-state index is -0.758. The molecule has 1 aliphatic rings. The Morgan fingerprint density at radius 3 is 2.48 bits per heavy atom. The van der Waals surface area contributed by atoms with E-state index in [0.717, 1.165) is 13.0 Å². The SMILES string of the molecule is COc1ccc(C(O)=C2C(=O)C(=O)N(CCC[NH+](C)C)[C@@H]2c2ccccn2)cc1OC. The first-order valence-corrected chi connectivity index (χ1v) is 10.1. The van der Waals surface area contributed by atoms with Crippen LogP contribution in [0, 0.1) is 0 Å². The van der Waals surface area contributed by atoms with Crippen molar-refractivity contribution in [3.05, 3.63) is 59.4 Å². The Morgan fingerprint density at radius 2 is 1.87 bits per heavy atom. The number of ether oxygens (including phenoxy) is 2. The van der Waals surface area contributed by atoms with Gasteiger partial charge in [-0.25, -0.2) is 0 Å². The Hall–Kier alpha value is -3.39. The second kappa shape index (κ2) is 9.61. The first-order valence-electron chi connectivity index (χ1n) is 10.1. The summed E-state index contributed by atoms with van der Waals surface area (Å²) in [6, 6.07) is 9.39. The van der Waals surface area contributed by atoms with E-state index in [4.69, 9.17) is 9.47 Å². The van der Waals surface area contributed by atoms with E-state index in [1.165, 1.54) is 24.0 Å². The van der Waals surface area contributed by atoms with Gasteiger partial charge in [-0.15, -0.1) is 0 Å². The highest BCUT2D eigenvalue weighted by Crippen LogP contribution is 2.39. The van der Waals surface area contributed by atoms with Crippen LogP contribution in [0.25, 0.3) is 5.76 Å². The fraction of sp³-hybridized carbons (Fsp3) is 0.348. The molecule has 2 aromatic rings. The zero-order valence-electron chi connectivity index (χ0n) is 18.2. The molecule has 2 N–H and O–H groups in total. The molecule has 1 amide bonds. The molecule has 1 atom stereocenters. The van der Waals surface area contributed by atoms with Gasteiger partial charge in [0.05, 0.1) is 46.1 Å². The number of nitrogens with zero attached hydrogens (tertiary/aromatic N) is 2. The molecule has 1 aliphatic heterocycles. The number of hydrogen-bond donors (Lipinski definition) is 2. The average molecular weight is 426 g/mol. The minimum Gasteiger partial charge on any atom is -0.507 e. The molecule has 8 heteroatoms. The van der Waals surface area contributed by atoms with E-state index in [0.29, 0.717) is 29.3 Å². The molecule has 1 aromatic carbocycles. The lowest BCUT2D eigenvalue weighted by Gasteiger charge is -2.24. The maximum absolute atomic E-state index is 13.0. The number of aliphatic hydroxyl groups is 1. The van der Waals surface area contributed by atoms with E-state index in [1.807, 2.05) is 14.1 Å². The zero-order chi connectivity index (χ0) is 22.5. The summed E-state index contributed by atoms with van der Waals surface area (Å²) in [6.45, 7) is 1.23. The number of aliphatic hydroxyl groups excluding tert-OH is 1. The summed E-state index contributed by atoms with van der Waals surface area (Å²) in [6.07, 6.45) is 2.32. The molecule has 164 valence electrons. The number of amides is 1. The topological polar surface area (TPSA) is 93.4 Å². The molecule has 1 fully saturated rings. The quantitative estimate of drug-likeness (QED) is 0.372. The number of aromatic nitrogens is 1. The maximum atomic E-state index is 13.0. The summed E-state index contributed by atoms with van der Waals surface area (Å²) in [7, 11) is 7.06. The summed E-state index contributed by atoms with van der Waals surface area (Å²) < 4.78 is 10.6. The number of Topliss-reactive ketones (excluding diaryl/α,β-unsaturated/α-hetero) is 1. The third-order valence-electron chi connectivity index (χ3n) is 5.24. The fourth-order valence-corrected chi connectivity index (χ4v) is 3.70. The van der Waals surface area contributed by atoms with Gasteiger partial charge in [-0.05, 0) is 30.3 Å². The molecule has 0 bridgehead atoms. The molecule has 0 unspecified atom stereocenters. The Kier molecular flexibility index (Phi) is 6.91. The maximum Gasteiger partial charge on any atom is 0.295 e. The number of hydrogen-bond acceptors (Lipinski definition) is 6. The molecule has 31 heavy (non-hydrogen) atoms. The van der Waals surface area contributed by atoms with Gasteiger partial charge in [0.2, 0.25) is 0 Å². The van der Waals surface area contributed by atoms with Gasteiger partial charge in [0.1, 0.15) is 11.8 Å². The number of carbonyl (C=O) groups excluding carboxylic acids is 2. The Bertz CT molecular complexity index is 988. The highest BCUT2D eigenvalue weighted by atomic mass is 16.5. The predicted octanol–water partition coefficient (Wildman–Crippen LogP) is 1.06. The van der Waals surface area contributed by atoms with Gasteiger partial charge in [0.15, 0.2) is 11.5 Å². The summed E-state index contributed by atoms with van der Waals surface area (Å²) in [5.41, 5.74) is 0.906. The summed E-state index contributed by atoms with van der Waals surface area (Å²) in [4.78, 5) is 33.0. The lowest BCUT2D eigenvalue weighted by molar-refractivity contribution is -0.858. The van der Waals surface area contributed by atoms with E-state index in [1.54, 1.807) is 42.6 Å². The van der Waals surface area contributed by atoms with Crippen molar-refractivity contribution in [3.8, 4) is 11.5 Å². The average Bonchev–Trinajstić information content (AvgIpc) is 3.03. The van der Waals surface area contributed by atoms with Gasteiger partial charge < -0.3 is 24.4 Å². The molecular formula is C23H28N3O5+. The van der Waals surface area contributed by atoms with Crippen LogP contribution in [0.5, 0.6) is 11.5 Å². The van der Waals surface area contributed by atoms with Crippen molar-refractivity contribution in [2.45, 2.75) is 12.5 Å². The third-order valence-corrected chi connectivity index (χ3v) is 5.24. The molecule has 3 rings (SSSR count). The molecule has 1 aromatic heterocycles. The predicted molar refractivity (Wildman–Crippen MR) is 115 cm³/mol. The third kappa shape index (κ3) is 4.54. The van der Waals surface area contributed by atoms with Crippen molar-refractivity contribution in [2.24, 2.45) is 0 Å². The van der Waals surface area contributed by atoms with Crippen LogP contribution in [0.4, 0.5) is 0 Å². The van der Waals surface area contributed by atoms with Crippen molar-refractivity contribution in [3.63, 3.8) is 0 Å². The molecule has 2 heterocycles. The summed E-state index contributed by atoms with van der Waals surface area (Å²) in [5, 5.41) is 11.1. The van der Waals surface area contributed by atoms with Crippen LogP contribution in [0.3, 0.4) is 0 Å². The molecule has 0 aliphatic carbocycles. The van der Waals surface area contributed by atoms with Gasteiger partial charge in [-0.1, -0.05) is 6.07 Å². The van der Waals surface area contributed by atoms with Crippen LogP contribution >= 0.6 is 0 Å². The molecular weight excluding hydrogens is 398 g/mol. The van der Waals surface area contributed by atoms with Crippen molar-refractivity contribution in [1.82, 2.24) is 9.88 Å². The smallest absolute Gasteiger partial charge is 0.295 e. The van der Waals surface area contributed by atoms with Crippen LogP contribution < -0.4 is 14.4 Å². The summed E-state index contributed by atoms with van der Waals surface area (Å²) in [5.74, 6) is -0.724. The van der Waals surface area contributed by atoms with Crippen LogP contribution in [0.2, 0.25) is 0 Å². The molecule has 0 spiro atoms. The number of rotatable bonds is 8. The van der Waals surface area contributed by atoms with Gasteiger partial charge >= 0.3 is 0 Å². The molecule has 0 saturated carbocycles. The van der Waals surface area contributed by atoms with Crippen LogP contribution in [0.15, 0.2) is 48.2 Å². The molecule has 1 saturated heterocycles. The first-order chi connectivity index (χ1) is 14.9. The highest BCUT2D eigenvalue weighted by molar-refractivity contribution is 6.46. The Balaban J connectivity index is 2.09. The number of ketones is 1.